The minimum atomic E-state index is -0.117. The van der Waals surface area contributed by atoms with E-state index in [2.05, 4.69) is 43.8 Å². The minimum Gasteiger partial charge on any atom is -0.206 e. The summed E-state index contributed by atoms with van der Waals surface area (Å²) in [4.78, 5) is 0. The van der Waals surface area contributed by atoms with Crippen LogP contribution in [0, 0.1) is 17.7 Å². The molecule has 1 aliphatic carbocycles. The van der Waals surface area contributed by atoms with E-state index in [-0.39, 0.29) is 5.82 Å². The number of hydrogen-bond donors (Lipinski definition) is 0. The molecule has 0 aliphatic heterocycles. The van der Waals surface area contributed by atoms with Crippen LogP contribution in [0.1, 0.15) is 63.0 Å². The highest BCUT2D eigenvalue weighted by atomic mass is 19.1. The number of aryl methyl sites for hydroxylation is 2. The van der Waals surface area contributed by atoms with Crippen LogP contribution in [-0.2, 0) is 12.8 Å². The molecule has 1 fully saturated rings. The molecule has 0 unspecified atom stereocenters. The summed E-state index contributed by atoms with van der Waals surface area (Å²) in [6, 6.07) is 18.6. The predicted molar refractivity (Wildman–Crippen MR) is 132 cm³/mol. The van der Waals surface area contributed by atoms with Gasteiger partial charge in [0, 0.05) is 10.9 Å². The first kappa shape index (κ1) is 21.8. The van der Waals surface area contributed by atoms with E-state index in [1.807, 2.05) is 30.3 Å². The first-order valence-corrected chi connectivity index (χ1v) is 12.1. The average molecular weight is 415 g/mol. The smallest absolute Gasteiger partial charge is 0.138 e. The third-order valence-corrected chi connectivity index (χ3v) is 7.31. The summed E-state index contributed by atoms with van der Waals surface area (Å²) in [5.41, 5.74) is 4.25. The minimum absolute atomic E-state index is 0.117. The van der Waals surface area contributed by atoms with Crippen LogP contribution in [0.5, 0.6) is 0 Å². The van der Waals surface area contributed by atoms with E-state index in [4.69, 9.17) is 0 Å². The van der Waals surface area contributed by atoms with E-state index in [1.54, 1.807) is 0 Å². The molecule has 3 aromatic carbocycles. The second kappa shape index (κ2) is 10.3. The van der Waals surface area contributed by atoms with Crippen LogP contribution in [0.25, 0.3) is 21.9 Å². The van der Waals surface area contributed by atoms with E-state index < -0.39 is 0 Å². The van der Waals surface area contributed by atoms with Crippen molar-refractivity contribution in [3.05, 3.63) is 84.2 Å². The van der Waals surface area contributed by atoms with E-state index in [0.717, 1.165) is 42.0 Å². The van der Waals surface area contributed by atoms with Crippen molar-refractivity contribution in [3.63, 3.8) is 0 Å². The Hall–Kier alpha value is -2.41. The van der Waals surface area contributed by atoms with Gasteiger partial charge in [-0.3, -0.25) is 0 Å². The Bertz CT molecular complexity index is 1010. The molecule has 31 heavy (non-hydrogen) atoms. The predicted octanol–water partition coefficient (Wildman–Crippen LogP) is 8.91. The summed E-state index contributed by atoms with van der Waals surface area (Å²) in [5, 5.41) is 1.67. The standard InChI is InChI=1S/C30H35F/c1-3-5-6-25-15-19-29-27(21-25)18-20-28(30(29)31)26-16-13-24(14-17-26)12-11-23-9-7-22(4-2)8-10-23/h3,13-23H,1,4-12H2,2H3. The molecule has 0 saturated heterocycles. The highest BCUT2D eigenvalue weighted by molar-refractivity contribution is 5.88. The molecular weight excluding hydrogens is 379 g/mol. The van der Waals surface area contributed by atoms with Crippen LogP contribution in [0.15, 0.2) is 67.3 Å². The summed E-state index contributed by atoms with van der Waals surface area (Å²) in [7, 11) is 0. The van der Waals surface area contributed by atoms with Crippen LogP contribution < -0.4 is 0 Å². The van der Waals surface area contributed by atoms with Crippen molar-refractivity contribution >= 4 is 10.8 Å². The van der Waals surface area contributed by atoms with Crippen molar-refractivity contribution in [2.24, 2.45) is 11.8 Å². The number of rotatable bonds is 8. The molecule has 1 heteroatoms. The van der Waals surface area contributed by atoms with Gasteiger partial charge in [0.15, 0.2) is 0 Å². The Balaban J connectivity index is 1.43. The number of hydrogen-bond acceptors (Lipinski definition) is 0. The second-order valence-electron chi connectivity index (χ2n) is 9.34. The monoisotopic (exact) mass is 414 g/mol. The van der Waals surface area contributed by atoms with E-state index in [1.165, 1.54) is 49.7 Å². The fourth-order valence-corrected chi connectivity index (χ4v) is 5.14. The van der Waals surface area contributed by atoms with Gasteiger partial charge in [0.1, 0.15) is 5.82 Å². The number of fused-ring (bicyclic) bond motifs is 1. The van der Waals surface area contributed by atoms with E-state index in [0.29, 0.717) is 10.9 Å². The average Bonchev–Trinajstić information content (AvgIpc) is 2.82. The topological polar surface area (TPSA) is 0 Å². The van der Waals surface area contributed by atoms with Crippen molar-refractivity contribution in [1.82, 2.24) is 0 Å². The Morgan fingerprint density at radius 1 is 0.871 bits per heavy atom. The van der Waals surface area contributed by atoms with Crippen molar-refractivity contribution in [2.75, 3.05) is 0 Å². The maximum Gasteiger partial charge on any atom is 0.138 e. The molecule has 0 nitrogen and oxygen atoms in total. The SMILES string of the molecule is C=CCCc1ccc2c(F)c(-c3ccc(CCC4CCC(CC)CC4)cc3)ccc2c1. The van der Waals surface area contributed by atoms with Gasteiger partial charge in [0.05, 0.1) is 0 Å². The number of allylic oxidation sites excluding steroid dienone is 1. The highest BCUT2D eigenvalue weighted by Gasteiger charge is 2.19. The fraction of sp³-hybridized carbons (Fsp3) is 0.400. The zero-order valence-electron chi connectivity index (χ0n) is 18.9. The lowest BCUT2D eigenvalue weighted by molar-refractivity contribution is 0.259. The van der Waals surface area contributed by atoms with Gasteiger partial charge in [-0.1, -0.05) is 99.7 Å². The summed E-state index contributed by atoms with van der Waals surface area (Å²) >= 11 is 0. The van der Waals surface area contributed by atoms with Crippen LogP contribution in [0.3, 0.4) is 0 Å². The zero-order chi connectivity index (χ0) is 21.6. The maximum atomic E-state index is 15.3. The molecule has 0 bridgehead atoms. The van der Waals surface area contributed by atoms with Crippen LogP contribution >= 0.6 is 0 Å². The van der Waals surface area contributed by atoms with E-state index >= 15 is 4.39 Å². The Labute approximate surface area is 187 Å². The molecule has 0 heterocycles. The molecule has 4 rings (SSSR count). The van der Waals surface area contributed by atoms with Crippen molar-refractivity contribution < 1.29 is 4.39 Å². The molecule has 3 aromatic rings. The molecule has 0 N–H and O–H groups in total. The molecule has 0 spiro atoms. The zero-order valence-corrected chi connectivity index (χ0v) is 18.9. The third-order valence-electron chi connectivity index (χ3n) is 7.31. The molecular formula is C30H35F. The van der Waals surface area contributed by atoms with Crippen LogP contribution in [-0.4, -0.2) is 0 Å². The van der Waals surface area contributed by atoms with Crippen LogP contribution in [0.4, 0.5) is 4.39 Å². The van der Waals surface area contributed by atoms with Gasteiger partial charge < -0.3 is 0 Å². The van der Waals surface area contributed by atoms with Gasteiger partial charge >= 0.3 is 0 Å². The van der Waals surface area contributed by atoms with Gasteiger partial charge in [-0.25, -0.2) is 4.39 Å². The van der Waals surface area contributed by atoms with Gasteiger partial charge in [0.25, 0.3) is 0 Å². The van der Waals surface area contributed by atoms with Gasteiger partial charge in [-0.05, 0) is 59.6 Å². The summed E-state index contributed by atoms with van der Waals surface area (Å²) < 4.78 is 15.3. The van der Waals surface area contributed by atoms with Gasteiger partial charge in [0.2, 0.25) is 0 Å². The van der Waals surface area contributed by atoms with Crippen molar-refractivity contribution in [2.45, 2.75) is 64.7 Å². The normalized spacial score (nSPS) is 18.9. The largest absolute Gasteiger partial charge is 0.206 e. The third kappa shape index (κ3) is 5.26. The van der Waals surface area contributed by atoms with Crippen LogP contribution in [0.2, 0.25) is 0 Å². The van der Waals surface area contributed by atoms with Gasteiger partial charge in [-0.2, -0.15) is 0 Å². The molecule has 0 amide bonds. The lowest BCUT2D eigenvalue weighted by Gasteiger charge is -2.27. The summed E-state index contributed by atoms with van der Waals surface area (Å²) in [6.45, 7) is 6.11. The Morgan fingerprint density at radius 2 is 1.58 bits per heavy atom. The quantitative estimate of drug-likeness (QED) is 0.323. The Kier molecular flexibility index (Phi) is 7.22. The molecule has 1 aliphatic rings. The molecule has 1 saturated carbocycles. The van der Waals surface area contributed by atoms with E-state index in [9.17, 15) is 0 Å². The number of benzene rings is 3. The first-order valence-electron chi connectivity index (χ1n) is 12.1. The van der Waals surface area contributed by atoms with Crippen molar-refractivity contribution in [1.29, 1.82) is 0 Å². The maximum absolute atomic E-state index is 15.3. The Morgan fingerprint density at radius 3 is 2.29 bits per heavy atom. The first-order chi connectivity index (χ1) is 15.2. The second-order valence-corrected chi connectivity index (χ2v) is 9.34. The fourth-order valence-electron chi connectivity index (χ4n) is 5.14. The summed E-state index contributed by atoms with van der Waals surface area (Å²) in [5.74, 6) is 1.73. The van der Waals surface area contributed by atoms with Crippen molar-refractivity contribution in [3.8, 4) is 11.1 Å². The summed E-state index contributed by atoms with van der Waals surface area (Å²) in [6.07, 6.45) is 13.2. The molecule has 162 valence electrons. The molecule has 0 radical (unpaired) electrons. The molecule has 0 aromatic heterocycles. The number of halogens is 1. The molecule has 0 atom stereocenters. The van der Waals surface area contributed by atoms with Gasteiger partial charge in [-0.15, -0.1) is 6.58 Å². The lowest BCUT2D eigenvalue weighted by atomic mass is 9.78. The highest BCUT2D eigenvalue weighted by Crippen LogP contribution is 2.34. The lowest BCUT2D eigenvalue weighted by Crippen LogP contribution is -2.14.